The van der Waals surface area contributed by atoms with E-state index in [0.29, 0.717) is 0 Å². The third-order valence-corrected chi connectivity index (χ3v) is 2.33. The molecule has 0 unspecified atom stereocenters. The van der Waals surface area contributed by atoms with Crippen molar-refractivity contribution in [1.82, 2.24) is 29.8 Å². The van der Waals surface area contributed by atoms with E-state index in [4.69, 9.17) is 0 Å². The number of rotatable bonds is 2. The minimum Gasteiger partial charge on any atom is -0.250 e. The molecule has 0 bridgehead atoms. The van der Waals surface area contributed by atoms with Gasteiger partial charge in [0.25, 0.3) is 0 Å². The van der Waals surface area contributed by atoms with Gasteiger partial charge in [-0.05, 0) is 24.3 Å². The number of nitrogens with one attached hydrogen (secondary N) is 1. The maximum absolute atomic E-state index is 11.3. The SMILES string of the molecule is O=c1[nH]ncn1-c1ccc(-n2nccn2)cc1. The Morgan fingerprint density at radius 2 is 1.65 bits per heavy atom. The van der Waals surface area contributed by atoms with E-state index in [0.717, 1.165) is 11.4 Å². The average Bonchev–Trinajstić information content (AvgIpc) is 3.00. The van der Waals surface area contributed by atoms with Crippen molar-refractivity contribution in [3.8, 4) is 11.4 Å². The fourth-order valence-corrected chi connectivity index (χ4v) is 1.53. The highest BCUT2D eigenvalue weighted by Crippen LogP contribution is 2.09. The smallest absolute Gasteiger partial charge is 0.250 e. The van der Waals surface area contributed by atoms with Gasteiger partial charge >= 0.3 is 5.69 Å². The van der Waals surface area contributed by atoms with Crippen molar-refractivity contribution in [2.45, 2.75) is 0 Å². The molecule has 3 aromatic rings. The van der Waals surface area contributed by atoms with Crippen LogP contribution in [0.3, 0.4) is 0 Å². The molecular formula is C10H8N6O. The van der Waals surface area contributed by atoms with Crippen molar-refractivity contribution >= 4 is 0 Å². The van der Waals surface area contributed by atoms with Gasteiger partial charge in [-0.1, -0.05) is 0 Å². The van der Waals surface area contributed by atoms with Gasteiger partial charge in [0, 0.05) is 0 Å². The van der Waals surface area contributed by atoms with Gasteiger partial charge in [0.05, 0.1) is 23.8 Å². The number of hydrogen-bond donors (Lipinski definition) is 1. The summed E-state index contributed by atoms with van der Waals surface area (Å²) in [4.78, 5) is 12.9. The molecule has 0 atom stereocenters. The fourth-order valence-electron chi connectivity index (χ4n) is 1.53. The Morgan fingerprint density at radius 3 is 2.24 bits per heavy atom. The Bertz CT molecular complexity index is 663. The number of aromatic amines is 1. The standard InChI is InChI=1S/C10H8N6O/c17-10-14-11-7-15(10)8-1-3-9(4-2-8)16-12-5-6-13-16/h1-7H,(H,14,17). The van der Waals surface area contributed by atoms with Crippen LogP contribution in [0.5, 0.6) is 0 Å². The summed E-state index contributed by atoms with van der Waals surface area (Å²) in [7, 11) is 0. The molecule has 1 N–H and O–H groups in total. The van der Waals surface area contributed by atoms with Gasteiger partial charge < -0.3 is 0 Å². The Morgan fingerprint density at radius 1 is 1.00 bits per heavy atom. The zero-order valence-electron chi connectivity index (χ0n) is 8.69. The molecule has 3 rings (SSSR count). The zero-order chi connectivity index (χ0) is 11.7. The number of hydrogen-bond acceptors (Lipinski definition) is 4. The quantitative estimate of drug-likeness (QED) is 0.676. The molecule has 0 aliphatic heterocycles. The molecule has 0 fully saturated rings. The van der Waals surface area contributed by atoms with Crippen LogP contribution in [0.1, 0.15) is 0 Å². The van der Waals surface area contributed by atoms with Crippen LogP contribution in [0, 0.1) is 0 Å². The molecule has 0 spiro atoms. The lowest BCUT2D eigenvalue weighted by Crippen LogP contribution is -2.14. The molecule has 0 aliphatic carbocycles. The van der Waals surface area contributed by atoms with Gasteiger partial charge in [-0.2, -0.15) is 20.1 Å². The van der Waals surface area contributed by atoms with E-state index < -0.39 is 0 Å². The first-order chi connectivity index (χ1) is 8.34. The van der Waals surface area contributed by atoms with Crippen molar-refractivity contribution in [2.24, 2.45) is 0 Å². The summed E-state index contributed by atoms with van der Waals surface area (Å²) in [5.74, 6) is 0. The second-order valence-electron chi connectivity index (χ2n) is 3.37. The zero-order valence-corrected chi connectivity index (χ0v) is 8.69. The predicted octanol–water partition coefficient (Wildman–Crippen LogP) is 0.141. The Balaban J connectivity index is 2.01. The Labute approximate surface area is 95.3 Å². The van der Waals surface area contributed by atoms with Crippen LogP contribution in [0.2, 0.25) is 0 Å². The first kappa shape index (κ1) is 9.52. The summed E-state index contributed by atoms with van der Waals surface area (Å²) in [6.07, 6.45) is 4.65. The van der Waals surface area contributed by atoms with Crippen molar-refractivity contribution in [3.05, 3.63) is 53.5 Å². The summed E-state index contributed by atoms with van der Waals surface area (Å²) in [5.41, 5.74) is 1.30. The molecule has 84 valence electrons. The topological polar surface area (TPSA) is 81.4 Å². The fraction of sp³-hybridized carbons (Fsp3) is 0. The highest BCUT2D eigenvalue weighted by molar-refractivity contribution is 5.40. The largest absolute Gasteiger partial charge is 0.347 e. The van der Waals surface area contributed by atoms with Crippen LogP contribution in [0.4, 0.5) is 0 Å². The van der Waals surface area contributed by atoms with Crippen LogP contribution < -0.4 is 5.69 Å². The van der Waals surface area contributed by atoms with E-state index in [9.17, 15) is 4.79 Å². The number of benzene rings is 1. The van der Waals surface area contributed by atoms with E-state index in [-0.39, 0.29) is 5.69 Å². The summed E-state index contributed by atoms with van der Waals surface area (Å²) < 4.78 is 1.42. The lowest BCUT2D eigenvalue weighted by Gasteiger charge is -2.02. The molecule has 0 saturated carbocycles. The molecule has 17 heavy (non-hydrogen) atoms. The van der Waals surface area contributed by atoms with E-state index in [1.165, 1.54) is 15.7 Å². The third-order valence-electron chi connectivity index (χ3n) is 2.33. The molecule has 1 aromatic carbocycles. The summed E-state index contributed by atoms with van der Waals surface area (Å²) in [5, 5.41) is 14.0. The van der Waals surface area contributed by atoms with Gasteiger partial charge in [0.2, 0.25) is 0 Å². The van der Waals surface area contributed by atoms with E-state index >= 15 is 0 Å². The van der Waals surface area contributed by atoms with Gasteiger partial charge in [-0.25, -0.2) is 14.5 Å². The second kappa shape index (κ2) is 3.71. The van der Waals surface area contributed by atoms with E-state index in [2.05, 4.69) is 20.4 Å². The molecule has 0 radical (unpaired) electrons. The molecule has 2 aromatic heterocycles. The summed E-state index contributed by atoms with van der Waals surface area (Å²) in [6, 6.07) is 7.26. The first-order valence-corrected chi connectivity index (χ1v) is 4.94. The molecule has 0 saturated heterocycles. The Kier molecular flexibility index (Phi) is 2.08. The molecule has 7 nitrogen and oxygen atoms in total. The van der Waals surface area contributed by atoms with Gasteiger partial charge in [-0.3, -0.25) is 0 Å². The van der Waals surface area contributed by atoms with Crippen LogP contribution in [0.25, 0.3) is 11.4 Å². The van der Waals surface area contributed by atoms with Crippen LogP contribution >= 0.6 is 0 Å². The minimum absolute atomic E-state index is 0.269. The monoisotopic (exact) mass is 228 g/mol. The molecule has 0 amide bonds. The molecule has 2 heterocycles. The lowest BCUT2D eigenvalue weighted by molar-refractivity contribution is 0.751. The number of aromatic nitrogens is 6. The minimum atomic E-state index is -0.269. The highest BCUT2D eigenvalue weighted by Gasteiger charge is 2.02. The van der Waals surface area contributed by atoms with E-state index in [1.807, 2.05) is 12.1 Å². The number of H-pyrrole nitrogens is 1. The predicted molar refractivity (Wildman–Crippen MR) is 59.1 cm³/mol. The van der Waals surface area contributed by atoms with Crippen LogP contribution in [0.15, 0.2) is 47.8 Å². The van der Waals surface area contributed by atoms with Gasteiger partial charge in [-0.15, -0.1) is 0 Å². The summed E-state index contributed by atoms with van der Waals surface area (Å²) >= 11 is 0. The number of nitrogens with zero attached hydrogens (tertiary/aromatic N) is 5. The Hall–Kier alpha value is -2.70. The van der Waals surface area contributed by atoms with Crippen molar-refractivity contribution in [2.75, 3.05) is 0 Å². The molecular weight excluding hydrogens is 220 g/mol. The average molecular weight is 228 g/mol. The maximum Gasteiger partial charge on any atom is 0.347 e. The van der Waals surface area contributed by atoms with Crippen molar-refractivity contribution in [1.29, 1.82) is 0 Å². The molecule has 7 heteroatoms. The summed E-state index contributed by atoms with van der Waals surface area (Å²) in [6.45, 7) is 0. The first-order valence-electron chi connectivity index (χ1n) is 4.94. The lowest BCUT2D eigenvalue weighted by atomic mass is 10.3. The maximum atomic E-state index is 11.3. The molecule has 0 aliphatic rings. The van der Waals surface area contributed by atoms with Gasteiger partial charge in [0.1, 0.15) is 6.33 Å². The third kappa shape index (κ3) is 1.63. The highest BCUT2D eigenvalue weighted by atomic mass is 16.1. The van der Waals surface area contributed by atoms with Crippen molar-refractivity contribution < 1.29 is 0 Å². The van der Waals surface area contributed by atoms with Crippen LogP contribution in [-0.4, -0.2) is 29.8 Å². The van der Waals surface area contributed by atoms with Crippen molar-refractivity contribution in [3.63, 3.8) is 0 Å². The normalized spacial score (nSPS) is 10.6. The van der Waals surface area contributed by atoms with Gasteiger partial charge in [0.15, 0.2) is 0 Å². The second-order valence-corrected chi connectivity index (χ2v) is 3.37. The van der Waals surface area contributed by atoms with E-state index in [1.54, 1.807) is 24.5 Å². The van der Waals surface area contributed by atoms with Crippen LogP contribution in [-0.2, 0) is 0 Å².